The number of hydrogen-bond donors (Lipinski definition) is 0. The SMILES string of the molecule is CC1[C-]=C(c2ccsc2)C=C1.[Cl-].[Cl-].[Zr+2]=[C](c1ccccc1)c1ccccc1.c1ccc2c(c1)[cH-]c1ccccc12. The minimum atomic E-state index is 0. The Bertz CT molecular complexity index is 1590. The Morgan fingerprint density at radius 3 is 1.65 bits per heavy atom. The minimum Gasteiger partial charge on any atom is -0.126 e. The van der Waals surface area contributed by atoms with Crippen molar-refractivity contribution < 1.29 is 49.0 Å². The van der Waals surface area contributed by atoms with E-state index >= 15 is 0 Å². The zero-order valence-corrected chi connectivity index (χ0v) is 26.9. The molecule has 0 radical (unpaired) electrons. The van der Waals surface area contributed by atoms with Crippen LogP contribution in [-0.4, -0.2) is 3.21 Å². The average molecular weight is 655 g/mol. The number of hydrogen-bond acceptors (Lipinski definition) is 1. The molecule has 5 aromatic carbocycles. The molecule has 40 heavy (non-hydrogen) atoms. The van der Waals surface area contributed by atoms with Gasteiger partial charge in [0.1, 0.15) is 0 Å². The van der Waals surface area contributed by atoms with Crippen LogP contribution in [0.3, 0.4) is 0 Å². The maximum absolute atomic E-state index is 3.37. The Kier molecular flexibility index (Phi) is 12.6. The monoisotopic (exact) mass is 652 g/mol. The summed E-state index contributed by atoms with van der Waals surface area (Å²) in [4.78, 5) is 0. The maximum atomic E-state index is 3.37. The van der Waals surface area contributed by atoms with Crippen molar-refractivity contribution in [3.63, 3.8) is 0 Å². The van der Waals surface area contributed by atoms with Crippen molar-refractivity contribution in [2.45, 2.75) is 6.92 Å². The normalized spacial score (nSPS) is 13.2. The topological polar surface area (TPSA) is 0 Å². The van der Waals surface area contributed by atoms with E-state index in [0.29, 0.717) is 5.92 Å². The van der Waals surface area contributed by atoms with E-state index in [1.807, 2.05) is 0 Å². The van der Waals surface area contributed by atoms with Gasteiger partial charge >= 0.3 is 99.2 Å². The van der Waals surface area contributed by atoms with E-state index in [-0.39, 0.29) is 24.8 Å². The molecule has 1 heterocycles. The zero-order valence-electron chi connectivity index (χ0n) is 22.1. The molecule has 198 valence electrons. The van der Waals surface area contributed by atoms with Crippen LogP contribution >= 0.6 is 11.3 Å². The van der Waals surface area contributed by atoms with Crippen LogP contribution in [0.1, 0.15) is 23.6 Å². The predicted octanol–water partition coefficient (Wildman–Crippen LogP) is 3.66. The molecule has 0 fully saturated rings. The van der Waals surface area contributed by atoms with Crippen molar-refractivity contribution in [2.75, 3.05) is 0 Å². The Hall–Kier alpha value is -2.74. The van der Waals surface area contributed by atoms with Gasteiger partial charge in [-0.05, 0) is 5.38 Å². The van der Waals surface area contributed by atoms with Crippen LogP contribution in [-0.2, 0) is 24.2 Å². The van der Waals surface area contributed by atoms with Crippen molar-refractivity contribution in [3.8, 4) is 0 Å². The first kappa shape index (κ1) is 31.8. The molecule has 0 saturated carbocycles. The molecule has 1 aliphatic rings. The molecule has 0 bridgehead atoms. The summed E-state index contributed by atoms with van der Waals surface area (Å²) in [5, 5.41) is 9.65. The molecule has 0 aliphatic heterocycles. The molecular formula is C36H28Cl2SZr-2. The summed E-state index contributed by atoms with van der Waals surface area (Å²) in [6, 6.07) is 42.5. The van der Waals surface area contributed by atoms with E-state index in [0.717, 1.165) is 0 Å². The molecule has 1 aliphatic carbocycles. The first-order chi connectivity index (χ1) is 18.7. The zero-order chi connectivity index (χ0) is 26.2. The van der Waals surface area contributed by atoms with Crippen LogP contribution in [0.5, 0.6) is 0 Å². The Morgan fingerprint density at radius 1 is 0.700 bits per heavy atom. The number of benzene rings is 4. The van der Waals surface area contributed by atoms with Gasteiger partial charge in [0, 0.05) is 0 Å². The van der Waals surface area contributed by atoms with E-state index in [2.05, 4.69) is 157 Å². The Labute approximate surface area is 268 Å². The molecule has 7 rings (SSSR count). The number of thiophene rings is 1. The summed E-state index contributed by atoms with van der Waals surface area (Å²) in [5.41, 5.74) is 5.21. The molecule has 0 saturated heterocycles. The molecule has 1 atom stereocenters. The molecule has 0 spiro atoms. The van der Waals surface area contributed by atoms with Gasteiger partial charge in [0.25, 0.3) is 0 Å². The molecular weight excluding hydrogens is 627 g/mol. The first-order valence-electron chi connectivity index (χ1n) is 12.8. The van der Waals surface area contributed by atoms with Crippen LogP contribution in [0.4, 0.5) is 0 Å². The van der Waals surface area contributed by atoms with Gasteiger partial charge in [-0.25, -0.2) is 0 Å². The van der Waals surface area contributed by atoms with Crippen molar-refractivity contribution in [1.82, 2.24) is 0 Å². The van der Waals surface area contributed by atoms with Crippen molar-refractivity contribution >= 4 is 41.7 Å². The summed E-state index contributed by atoms with van der Waals surface area (Å²) in [7, 11) is 0. The van der Waals surface area contributed by atoms with Gasteiger partial charge in [0.05, 0.1) is 0 Å². The smallest absolute Gasteiger partial charge is 0.0771 e. The average Bonchev–Trinajstić information content (AvgIpc) is 3.74. The van der Waals surface area contributed by atoms with Crippen LogP contribution in [0.2, 0.25) is 0 Å². The second-order valence-corrected chi connectivity index (χ2v) is 11.2. The molecule has 0 N–H and O–H groups in total. The molecule has 1 unspecified atom stereocenters. The first-order valence-corrected chi connectivity index (χ1v) is 14.9. The molecule has 0 nitrogen and oxygen atoms in total. The third-order valence-corrected chi connectivity index (χ3v) is 8.52. The third kappa shape index (κ3) is 8.15. The van der Waals surface area contributed by atoms with Crippen LogP contribution in [0, 0.1) is 12.0 Å². The summed E-state index contributed by atoms with van der Waals surface area (Å²) in [6.45, 7) is 2.15. The second-order valence-electron chi connectivity index (χ2n) is 9.14. The van der Waals surface area contributed by atoms with Crippen molar-refractivity contribution in [1.29, 1.82) is 0 Å². The summed E-state index contributed by atoms with van der Waals surface area (Å²) in [5.74, 6) is 0.491. The third-order valence-electron chi connectivity index (χ3n) is 6.41. The quantitative estimate of drug-likeness (QED) is 0.256. The largest absolute Gasteiger partial charge is 0.126 e. The van der Waals surface area contributed by atoms with Crippen LogP contribution < -0.4 is 24.8 Å². The van der Waals surface area contributed by atoms with Gasteiger partial charge in [-0.15, -0.1) is 51.4 Å². The van der Waals surface area contributed by atoms with Gasteiger partial charge in [-0.3, -0.25) is 0 Å². The minimum absolute atomic E-state index is 0. The van der Waals surface area contributed by atoms with Crippen molar-refractivity contribution in [3.05, 3.63) is 167 Å². The van der Waals surface area contributed by atoms with E-state index in [1.54, 1.807) is 11.3 Å². The van der Waals surface area contributed by atoms with Crippen molar-refractivity contribution in [2.24, 2.45) is 5.92 Å². The fourth-order valence-electron chi connectivity index (χ4n) is 4.46. The van der Waals surface area contributed by atoms with Gasteiger partial charge in [0.15, 0.2) is 0 Å². The van der Waals surface area contributed by atoms with E-state index in [9.17, 15) is 0 Å². The number of fused-ring (bicyclic) bond motifs is 3. The fourth-order valence-corrected chi connectivity index (χ4v) is 5.93. The summed E-state index contributed by atoms with van der Waals surface area (Å²) < 4.78 is 1.42. The van der Waals surface area contributed by atoms with E-state index in [4.69, 9.17) is 0 Å². The summed E-state index contributed by atoms with van der Waals surface area (Å²) >= 11 is 3.19. The Balaban J connectivity index is 0.000000162. The van der Waals surface area contributed by atoms with Crippen LogP contribution in [0.15, 0.2) is 144 Å². The summed E-state index contributed by atoms with van der Waals surface area (Å²) in [6.07, 6.45) is 7.69. The molecule has 4 heteroatoms. The standard InChI is InChI=1S/C13H9.C13H10.C10H9S.2ClH.Zr/c1-3-7-12-10(5-1)9-11-6-2-4-8-13(11)12;1-3-7-12(8-4-1)11-13-9-5-2-6-10-13;1-8-2-3-9(6-8)10-4-5-11-7-10;;;/h1-9H;1-10H;2-5,7-8H,1H3;2*1H;/q-1;;-1;;;+2/p-2. The van der Waals surface area contributed by atoms with Gasteiger partial charge < -0.3 is 24.8 Å². The Morgan fingerprint density at radius 2 is 1.20 bits per heavy atom. The number of halogens is 2. The molecule has 0 amide bonds. The maximum Gasteiger partial charge on any atom is -0.0771 e. The van der Waals surface area contributed by atoms with Gasteiger partial charge in [-0.2, -0.15) is 29.1 Å². The molecule has 6 aromatic rings. The number of rotatable bonds is 3. The van der Waals surface area contributed by atoms with Crippen LogP contribution in [0.25, 0.3) is 27.1 Å². The second kappa shape index (κ2) is 15.9. The molecule has 1 aromatic heterocycles. The fraction of sp³-hybridized carbons (Fsp3) is 0.0556. The van der Waals surface area contributed by atoms with Gasteiger partial charge in [-0.1, -0.05) is 60.7 Å². The predicted molar refractivity (Wildman–Crippen MR) is 162 cm³/mol. The van der Waals surface area contributed by atoms with E-state index < -0.39 is 0 Å². The van der Waals surface area contributed by atoms with Gasteiger partial charge in [0.2, 0.25) is 0 Å². The number of allylic oxidation sites excluding steroid dienone is 4. The van der Waals surface area contributed by atoms with E-state index in [1.165, 1.54) is 71.2 Å².